The van der Waals surface area contributed by atoms with Gasteiger partial charge in [-0.3, -0.25) is 14.3 Å². The summed E-state index contributed by atoms with van der Waals surface area (Å²) in [6, 6.07) is 12.7. The Labute approximate surface area is 166 Å². The monoisotopic (exact) mass is 398 g/mol. The Morgan fingerprint density at radius 1 is 1.03 bits per heavy atom. The summed E-state index contributed by atoms with van der Waals surface area (Å²) in [6.45, 7) is -0.391. The van der Waals surface area contributed by atoms with Gasteiger partial charge < -0.3 is 20.1 Å². The van der Waals surface area contributed by atoms with Gasteiger partial charge in [0.1, 0.15) is 12.3 Å². The normalized spacial score (nSPS) is 10.3. The predicted molar refractivity (Wildman–Crippen MR) is 104 cm³/mol. The molecular weight excluding hydrogens is 379 g/mol. The van der Waals surface area contributed by atoms with Gasteiger partial charge in [0.25, 0.3) is 5.91 Å². The lowest BCUT2D eigenvalue weighted by Gasteiger charge is -2.07. The van der Waals surface area contributed by atoms with Crippen molar-refractivity contribution >= 4 is 23.2 Å². The second kappa shape index (κ2) is 9.36. The highest BCUT2D eigenvalue weighted by molar-refractivity contribution is 5.92. The minimum atomic E-state index is -0.545. The number of rotatable bonds is 8. The number of ether oxygens (including phenoxy) is 2. The molecule has 3 aromatic rings. The minimum absolute atomic E-state index is 0.00597. The fraction of sp³-hybridized carbons (Fsp3) is 0.150. The Kier molecular flexibility index (Phi) is 6.41. The van der Waals surface area contributed by atoms with Crippen molar-refractivity contribution in [3.05, 3.63) is 66.7 Å². The first-order valence-electron chi connectivity index (χ1n) is 8.67. The highest BCUT2D eigenvalue weighted by atomic mass is 19.1. The van der Waals surface area contributed by atoms with E-state index < -0.39 is 11.7 Å². The topological polar surface area (TPSA) is 94.5 Å². The van der Waals surface area contributed by atoms with Gasteiger partial charge in [-0.05, 0) is 36.4 Å². The smallest absolute Gasteiger partial charge is 0.262 e. The molecule has 0 atom stereocenters. The van der Waals surface area contributed by atoms with Crippen molar-refractivity contribution in [2.45, 2.75) is 6.54 Å². The van der Waals surface area contributed by atoms with E-state index in [2.05, 4.69) is 15.7 Å². The third-order valence-electron chi connectivity index (χ3n) is 3.79. The number of aromatic nitrogens is 2. The molecule has 9 heteroatoms. The van der Waals surface area contributed by atoms with E-state index in [4.69, 9.17) is 9.47 Å². The molecular formula is C20H19FN4O4. The summed E-state index contributed by atoms with van der Waals surface area (Å²) in [6.07, 6.45) is 2.91. The zero-order valence-corrected chi connectivity index (χ0v) is 15.6. The maximum absolute atomic E-state index is 13.5. The lowest BCUT2D eigenvalue weighted by molar-refractivity contribution is -0.118. The van der Waals surface area contributed by atoms with Crippen LogP contribution in [0.4, 0.5) is 15.8 Å². The number of benzene rings is 2. The van der Waals surface area contributed by atoms with Crippen molar-refractivity contribution in [2.75, 3.05) is 24.4 Å². The molecule has 1 aromatic heterocycles. The fourth-order valence-corrected chi connectivity index (χ4v) is 2.44. The van der Waals surface area contributed by atoms with Crippen LogP contribution in [0.5, 0.6) is 11.5 Å². The van der Waals surface area contributed by atoms with Gasteiger partial charge in [-0.25, -0.2) is 4.39 Å². The molecule has 0 saturated carbocycles. The van der Waals surface area contributed by atoms with Crippen molar-refractivity contribution in [3.63, 3.8) is 0 Å². The van der Waals surface area contributed by atoms with Crippen LogP contribution in [0.15, 0.2) is 60.9 Å². The van der Waals surface area contributed by atoms with Crippen molar-refractivity contribution in [1.82, 2.24) is 9.78 Å². The number of para-hydroxylation sites is 1. The first-order valence-corrected chi connectivity index (χ1v) is 8.67. The number of hydrogen-bond donors (Lipinski definition) is 2. The summed E-state index contributed by atoms with van der Waals surface area (Å²) in [5, 5.41) is 9.34. The molecule has 0 fully saturated rings. The third kappa shape index (κ3) is 5.80. The highest BCUT2D eigenvalue weighted by Gasteiger charge is 2.10. The number of carbonyl (C=O) groups excluding carboxylic acids is 2. The molecule has 0 aliphatic carbocycles. The standard InChI is InChI=1S/C20H19FN4O4/c1-28-16-8-6-14(7-9-16)23-19(26)12-25-11-15(10-22-25)24-20(27)13-29-18-5-3-2-4-17(18)21/h2-11H,12-13H2,1H3,(H,23,26)(H,24,27). The number of carbonyl (C=O) groups is 2. The fourth-order valence-electron chi connectivity index (χ4n) is 2.44. The van der Waals surface area contributed by atoms with Crippen LogP contribution < -0.4 is 20.1 Å². The van der Waals surface area contributed by atoms with E-state index in [0.29, 0.717) is 17.1 Å². The van der Waals surface area contributed by atoms with E-state index in [-0.39, 0.29) is 24.8 Å². The summed E-state index contributed by atoms with van der Waals surface area (Å²) >= 11 is 0. The maximum Gasteiger partial charge on any atom is 0.262 e. The quantitative estimate of drug-likeness (QED) is 0.608. The van der Waals surface area contributed by atoms with Crippen LogP contribution in [0.25, 0.3) is 0 Å². The summed E-state index contributed by atoms with van der Waals surface area (Å²) in [7, 11) is 1.56. The predicted octanol–water partition coefficient (Wildman–Crippen LogP) is 2.69. The molecule has 0 unspecified atom stereocenters. The van der Waals surface area contributed by atoms with Gasteiger partial charge in [-0.2, -0.15) is 5.10 Å². The average molecular weight is 398 g/mol. The number of amides is 2. The number of hydrogen-bond acceptors (Lipinski definition) is 5. The zero-order valence-electron chi connectivity index (χ0n) is 15.6. The van der Waals surface area contributed by atoms with Gasteiger partial charge in [0, 0.05) is 11.9 Å². The van der Waals surface area contributed by atoms with Crippen LogP contribution in [0.3, 0.4) is 0 Å². The van der Waals surface area contributed by atoms with Gasteiger partial charge in [0.05, 0.1) is 19.0 Å². The van der Waals surface area contributed by atoms with Crippen molar-refractivity contribution in [3.8, 4) is 11.5 Å². The minimum Gasteiger partial charge on any atom is -0.497 e. The number of anilines is 2. The van der Waals surface area contributed by atoms with Crippen LogP contribution in [0.1, 0.15) is 0 Å². The first-order chi connectivity index (χ1) is 14.0. The van der Waals surface area contributed by atoms with Crippen molar-refractivity contribution < 1.29 is 23.5 Å². The molecule has 0 spiro atoms. The Morgan fingerprint density at radius 2 is 1.76 bits per heavy atom. The summed E-state index contributed by atoms with van der Waals surface area (Å²) in [5.74, 6) is -0.617. The van der Waals surface area contributed by atoms with Crippen LogP contribution in [-0.2, 0) is 16.1 Å². The molecule has 0 radical (unpaired) electrons. The van der Waals surface area contributed by atoms with Gasteiger partial charge >= 0.3 is 0 Å². The summed E-state index contributed by atoms with van der Waals surface area (Å²) < 4.78 is 25.1. The van der Waals surface area contributed by atoms with Crippen LogP contribution in [0.2, 0.25) is 0 Å². The molecule has 1 heterocycles. The first kappa shape index (κ1) is 19.9. The molecule has 29 heavy (non-hydrogen) atoms. The number of nitrogens with one attached hydrogen (secondary N) is 2. The molecule has 2 aromatic carbocycles. The Morgan fingerprint density at radius 3 is 2.48 bits per heavy atom. The van der Waals surface area contributed by atoms with Gasteiger partial charge in [-0.15, -0.1) is 0 Å². The summed E-state index contributed by atoms with van der Waals surface area (Å²) in [5.41, 5.74) is 1.02. The molecule has 3 rings (SSSR count). The lowest BCUT2D eigenvalue weighted by Crippen LogP contribution is -2.20. The molecule has 0 saturated heterocycles. The number of methoxy groups -OCH3 is 1. The van der Waals surface area contributed by atoms with E-state index in [9.17, 15) is 14.0 Å². The maximum atomic E-state index is 13.5. The third-order valence-corrected chi connectivity index (χ3v) is 3.79. The lowest BCUT2D eigenvalue weighted by atomic mass is 10.3. The molecule has 0 aliphatic heterocycles. The number of nitrogens with zero attached hydrogens (tertiary/aromatic N) is 2. The highest BCUT2D eigenvalue weighted by Crippen LogP contribution is 2.16. The van der Waals surface area contributed by atoms with E-state index in [0.717, 1.165) is 0 Å². The Bertz CT molecular complexity index is 988. The Balaban J connectivity index is 1.47. The van der Waals surface area contributed by atoms with Gasteiger partial charge in [-0.1, -0.05) is 12.1 Å². The van der Waals surface area contributed by atoms with Crippen LogP contribution in [0, 0.1) is 5.82 Å². The number of halogens is 1. The van der Waals surface area contributed by atoms with Crippen LogP contribution in [-0.4, -0.2) is 35.3 Å². The molecule has 0 aliphatic rings. The summed E-state index contributed by atoms with van der Waals surface area (Å²) in [4.78, 5) is 24.0. The molecule has 2 amide bonds. The second-order valence-electron chi connectivity index (χ2n) is 5.97. The van der Waals surface area contributed by atoms with E-state index >= 15 is 0 Å². The van der Waals surface area contributed by atoms with Gasteiger partial charge in [0.15, 0.2) is 18.2 Å². The molecule has 2 N–H and O–H groups in total. The van der Waals surface area contributed by atoms with E-state index in [1.54, 1.807) is 37.4 Å². The second-order valence-corrected chi connectivity index (χ2v) is 5.97. The largest absolute Gasteiger partial charge is 0.497 e. The molecule has 8 nitrogen and oxygen atoms in total. The van der Waals surface area contributed by atoms with Crippen molar-refractivity contribution in [2.24, 2.45) is 0 Å². The van der Waals surface area contributed by atoms with E-state index in [1.807, 2.05) is 0 Å². The average Bonchev–Trinajstić information content (AvgIpc) is 3.14. The SMILES string of the molecule is COc1ccc(NC(=O)Cn2cc(NC(=O)COc3ccccc3F)cn2)cc1. The van der Waals surface area contributed by atoms with Crippen molar-refractivity contribution in [1.29, 1.82) is 0 Å². The molecule has 0 bridgehead atoms. The molecule has 150 valence electrons. The van der Waals surface area contributed by atoms with Gasteiger partial charge in [0.2, 0.25) is 5.91 Å². The zero-order chi connectivity index (χ0) is 20.6. The van der Waals surface area contributed by atoms with E-state index in [1.165, 1.54) is 35.3 Å². The Hall–Kier alpha value is -3.88. The van der Waals surface area contributed by atoms with Crippen LogP contribution >= 0.6 is 0 Å².